The molecule has 0 atom stereocenters. The van der Waals surface area contributed by atoms with Crippen LogP contribution in [0.1, 0.15) is 27.3 Å². The van der Waals surface area contributed by atoms with Crippen LogP contribution in [0.25, 0.3) is 0 Å². The van der Waals surface area contributed by atoms with Crippen molar-refractivity contribution in [1.29, 1.82) is 0 Å². The fourth-order valence-electron chi connectivity index (χ4n) is 2.13. The highest BCUT2D eigenvalue weighted by molar-refractivity contribution is 6.42. The Morgan fingerprint density at radius 1 is 1.17 bits per heavy atom. The molecule has 0 fully saturated rings. The maximum atomic E-state index is 12.6. The first-order chi connectivity index (χ1) is 11.1. The molecule has 1 heterocycles. The van der Waals surface area contributed by atoms with Crippen molar-refractivity contribution >= 4 is 29.1 Å². The summed E-state index contributed by atoms with van der Waals surface area (Å²) in [5, 5.41) is 0.763. The molecule has 0 radical (unpaired) electrons. The smallest absolute Gasteiger partial charge is 0.337 e. The summed E-state index contributed by atoms with van der Waals surface area (Å²) in [5.74, 6) is -0.431. The van der Waals surface area contributed by atoms with E-state index in [9.17, 15) is 18.0 Å². The van der Waals surface area contributed by atoms with Crippen molar-refractivity contribution in [2.45, 2.75) is 19.6 Å². The van der Waals surface area contributed by atoms with Crippen LogP contribution in [0.15, 0.2) is 30.3 Å². The summed E-state index contributed by atoms with van der Waals surface area (Å²) in [4.78, 5) is 17.3. The summed E-state index contributed by atoms with van der Waals surface area (Å²) in [6.45, 7) is 1.60. The van der Waals surface area contributed by atoms with E-state index in [2.05, 4.69) is 4.98 Å². The lowest BCUT2D eigenvalue weighted by Gasteiger charge is -2.19. The van der Waals surface area contributed by atoms with Gasteiger partial charge < -0.3 is 4.90 Å². The Morgan fingerprint density at radius 2 is 1.83 bits per heavy atom. The van der Waals surface area contributed by atoms with E-state index < -0.39 is 17.8 Å². The van der Waals surface area contributed by atoms with Crippen molar-refractivity contribution < 1.29 is 18.0 Å². The summed E-state index contributed by atoms with van der Waals surface area (Å²) in [6, 6.07) is 6.90. The molecule has 0 aliphatic rings. The minimum atomic E-state index is -4.54. The van der Waals surface area contributed by atoms with Gasteiger partial charge in [-0.3, -0.25) is 4.79 Å². The largest absolute Gasteiger partial charge is 0.433 e. The van der Waals surface area contributed by atoms with Crippen LogP contribution >= 0.6 is 23.2 Å². The molecule has 2 rings (SSSR count). The number of aryl methyl sites for hydroxylation is 1. The Balaban J connectivity index is 2.20. The number of benzene rings is 1. The number of alkyl halides is 3. The average molecular weight is 377 g/mol. The molecule has 0 unspecified atom stereocenters. The first kappa shape index (κ1) is 18.5. The predicted molar refractivity (Wildman–Crippen MR) is 86.2 cm³/mol. The first-order valence-corrected chi connectivity index (χ1v) is 7.59. The van der Waals surface area contributed by atoms with Crippen molar-refractivity contribution in [2.75, 3.05) is 7.05 Å². The molecule has 8 heteroatoms. The quantitative estimate of drug-likeness (QED) is 0.755. The van der Waals surface area contributed by atoms with E-state index in [0.29, 0.717) is 10.0 Å². The zero-order valence-electron chi connectivity index (χ0n) is 12.8. The molecule has 0 aliphatic heterocycles. The fraction of sp³-hybridized carbons (Fsp3) is 0.250. The maximum Gasteiger partial charge on any atom is 0.433 e. The van der Waals surface area contributed by atoms with Gasteiger partial charge in [0, 0.05) is 13.6 Å². The number of pyridine rings is 1. The highest BCUT2D eigenvalue weighted by Gasteiger charge is 2.33. The van der Waals surface area contributed by atoms with Gasteiger partial charge in [0.25, 0.3) is 5.91 Å². The van der Waals surface area contributed by atoms with Crippen LogP contribution in [-0.2, 0) is 12.7 Å². The third kappa shape index (κ3) is 4.19. The number of carbonyl (C=O) groups excluding carboxylic acids is 1. The van der Waals surface area contributed by atoms with E-state index in [1.54, 1.807) is 25.2 Å². The zero-order chi connectivity index (χ0) is 18.1. The third-order valence-corrected chi connectivity index (χ3v) is 4.10. The van der Waals surface area contributed by atoms with Gasteiger partial charge in [-0.25, -0.2) is 4.98 Å². The van der Waals surface area contributed by atoms with Crippen molar-refractivity contribution in [3.05, 3.63) is 62.9 Å². The molecule has 2 aromatic rings. The predicted octanol–water partition coefficient (Wildman–Crippen LogP) is 4.99. The Kier molecular flexibility index (Phi) is 5.40. The molecule has 0 N–H and O–H groups in total. The number of amides is 1. The molecule has 0 aliphatic carbocycles. The molecule has 0 saturated heterocycles. The Hall–Kier alpha value is -1.79. The highest BCUT2D eigenvalue weighted by Crippen LogP contribution is 2.28. The first-order valence-electron chi connectivity index (χ1n) is 6.84. The zero-order valence-corrected chi connectivity index (χ0v) is 14.3. The van der Waals surface area contributed by atoms with Crippen LogP contribution in [0.4, 0.5) is 13.2 Å². The molecular formula is C16H13Cl2F3N2O. The van der Waals surface area contributed by atoms with Gasteiger partial charge in [0.15, 0.2) is 0 Å². The number of rotatable bonds is 3. The van der Waals surface area contributed by atoms with Gasteiger partial charge in [0.05, 0.1) is 21.3 Å². The molecule has 128 valence electrons. The lowest BCUT2D eigenvalue weighted by atomic mass is 10.1. The van der Waals surface area contributed by atoms with Crippen molar-refractivity contribution in [2.24, 2.45) is 0 Å². The van der Waals surface area contributed by atoms with Gasteiger partial charge >= 0.3 is 6.18 Å². The van der Waals surface area contributed by atoms with E-state index >= 15 is 0 Å². The molecule has 3 nitrogen and oxygen atoms in total. The molecule has 24 heavy (non-hydrogen) atoms. The van der Waals surface area contributed by atoms with Gasteiger partial charge in [-0.15, -0.1) is 0 Å². The lowest BCUT2D eigenvalue weighted by Crippen LogP contribution is -2.27. The Morgan fingerprint density at radius 3 is 2.38 bits per heavy atom. The second kappa shape index (κ2) is 6.99. The SMILES string of the molecule is Cc1nc(C(F)(F)F)ccc1C(=O)N(C)Cc1ccc(Cl)c(Cl)c1. The summed E-state index contributed by atoms with van der Waals surface area (Å²) >= 11 is 11.8. The van der Waals surface area contributed by atoms with Gasteiger partial charge in [-0.2, -0.15) is 13.2 Å². The van der Waals surface area contributed by atoms with Crippen molar-refractivity contribution in [1.82, 2.24) is 9.88 Å². The molecule has 1 aromatic heterocycles. The number of halogens is 5. The minimum absolute atomic E-state index is 0.0239. The van der Waals surface area contributed by atoms with Crippen LogP contribution in [0, 0.1) is 6.92 Å². The average Bonchev–Trinajstić information content (AvgIpc) is 2.49. The van der Waals surface area contributed by atoms with Crippen LogP contribution in [0.3, 0.4) is 0 Å². The van der Waals surface area contributed by atoms with Gasteiger partial charge in [0.2, 0.25) is 0 Å². The summed E-state index contributed by atoms with van der Waals surface area (Å²) in [7, 11) is 1.54. The molecule has 0 spiro atoms. The van der Waals surface area contributed by atoms with E-state index in [1.807, 2.05) is 0 Å². The van der Waals surface area contributed by atoms with Gasteiger partial charge in [-0.1, -0.05) is 29.3 Å². The van der Waals surface area contributed by atoms with Crippen LogP contribution < -0.4 is 0 Å². The Bertz CT molecular complexity index is 778. The molecule has 0 bridgehead atoms. The number of carbonyl (C=O) groups is 1. The van der Waals surface area contributed by atoms with Crippen LogP contribution in [-0.4, -0.2) is 22.8 Å². The maximum absolute atomic E-state index is 12.6. The standard InChI is InChI=1S/C16H13Cl2F3N2O/c1-9-11(4-6-14(22-9)16(19,20)21)15(24)23(2)8-10-3-5-12(17)13(18)7-10/h3-7H,8H2,1-2H3. The van der Waals surface area contributed by atoms with Gasteiger partial charge in [-0.05, 0) is 36.8 Å². The fourth-order valence-corrected chi connectivity index (χ4v) is 2.45. The van der Waals surface area contributed by atoms with Gasteiger partial charge in [0.1, 0.15) is 5.69 Å². The normalized spacial score (nSPS) is 11.5. The summed E-state index contributed by atoms with van der Waals surface area (Å²) in [5.41, 5.74) is -0.136. The topological polar surface area (TPSA) is 33.2 Å². The highest BCUT2D eigenvalue weighted by atomic mass is 35.5. The summed E-state index contributed by atoms with van der Waals surface area (Å²) < 4.78 is 37.9. The van der Waals surface area contributed by atoms with E-state index in [-0.39, 0.29) is 17.8 Å². The number of hydrogen-bond acceptors (Lipinski definition) is 2. The van der Waals surface area contributed by atoms with Crippen molar-refractivity contribution in [3.8, 4) is 0 Å². The molecule has 1 amide bonds. The minimum Gasteiger partial charge on any atom is -0.337 e. The molecule has 1 aromatic carbocycles. The number of nitrogens with zero attached hydrogens (tertiary/aromatic N) is 2. The summed E-state index contributed by atoms with van der Waals surface area (Å²) in [6.07, 6.45) is -4.54. The number of hydrogen-bond donors (Lipinski definition) is 0. The second-order valence-corrected chi connectivity index (χ2v) is 6.05. The van der Waals surface area contributed by atoms with E-state index in [4.69, 9.17) is 23.2 Å². The van der Waals surface area contributed by atoms with Crippen LogP contribution in [0.5, 0.6) is 0 Å². The second-order valence-electron chi connectivity index (χ2n) is 5.24. The monoisotopic (exact) mass is 376 g/mol. The van der Waals surface area contributed by atoms with Crippen LogP contribution in [0.2, 0.25) is 10.0 Å². The lowest BCUT2D eigenvalue weighted by molar-refractivity contribution is -0.141. The molecular weight excluding hydrogens is 364 g/mol. The van der Waals surface area contributed by atoms with Crippen molar-refractivity contribution in [3.63, 3.8) is 0 Å². The molecule has 0 saturated carbocycles. The van der Waals surface area contributed by atoms with E-state index in [1.165, 1.54) is 11.8 Å². The third-order valence-electron chi connectivity index (χ3n) is 3.36. The van der Waals surface area contributed by atoms with E-state index in [0.717, 1.165) is 17.7 Å². The number of aromatic nitrogens is 1. The Labute approximate surface area is 147 Å².